The number of aromatic nitrogens is 2. The van der Waals surface area contributed by atoms with Gasteiger partial charge in [0.1, 0.15) is 0 Å². The van der Waals surface area contributed by atoms with E-state index in [0.717, 1.165) is 49.2 Å². The van der Waals surface area contributed by atoms with Gasteiger partial charge in [-0.15, -0.1) is 0 Å². The summed E-state index contributed by atoms with van der Waals surface area (Å²) in [5.74, 6) is 0.721. The van der Waals surface area contributed by atoms with Crippen LogP contribution >= 0.6 is 0 Å². The number of benzene rings is 1. The van der Waals surface area contributed by atoms with Gasteiger partial charge in [0.2, 0.25) is 5.91 Å². The lowest BCUT2D eigenvalue weighted by molar-refractivity contribution is -0.134. The molecule has 0 bridgehead atoms. The Morgan fingerprint density at radius 3 is 2.75 bits per heavy atom. The van der Waals surface area contributed by atoms with E-state index in [0.29, 0.717) is 12.3 Å². The number of hydrogen-bond donors (Lipinski definition) is 2. The molecule has 1 aromatic carbocycles. The van der Waals surface area contributed by atoms with Gasteiger partial charge in [0.25, 0.3) is 0 Å². The number of H-pyrrole nitrogens is 1. The van der Waals surface area contributed by atoms with E-state index >= 15 is 0 Å². The summed E-state index contributed by atoms with van der Waals surface area (Å²) < 4.78 is 0. The molecule has 6 nitrogen and oxygen atoms in total. The first kappa shape index (κ1) is 16.9. The monoisotopic (exact) mass is 329 g/mol. The Bertz CT molecular complexity index is 688. The molecule has 0 radical (unpaired) electrons. The van der Waals surface area contributed by atoms with Crippen molar-refractivity contribution in [2.45, 2.75) is 26.3 Å². The topological polar surface area (TPSA) is 78.2 Å². The van der Waals surface area contributed by atoms with Gasteiger partial charge >= 0.3 is 0 Å². The molecule has 1 aliphatic rings. The van der Waals surface area contributed by atoms with Crippen LogP contribution in [0, 0.1) is 5.92 Å². The molecular weight excluding hydrogens is 302 g/mol. The molecule has 0 aliphatic carbocycles. The van der Waals surface area contributed by atoms with Crippen LogP contribution in [0.2, 0.25) is 0 Å². The van der Waals surface area contributed by atoms with Crippen molar-refractivity contribution in [3.63, 3.8) is 0 Å². The predicted octanol–water partition coefficient (Wildman–Crippen LogP) is 1.23. The van der Waals surface area contributed by atoms with E-state index in [-0.39, 0.29) is 5.91 Å². The van der Waals surface area contributed by atoms with Gasteiger partial charge in [-0.05, 0) is 30.0 Å². The van der Waals surface area contributed by atoms with E-state index in [9.17, 15) is 4.79 Å². The van der Waals surface area contributed by atoms with Gasteiger partial charge in [-0.3, -0.25) is 14.8 Å². The fraction of sp³-hybridized carbons (Fsp3) is 0.556. The van der Waals surface area contributed by atoms with Crippen LogP contribution in [0.25, 0.3) is 10.9 Å². The Kier molecular flexibility index (Phi) is 5.16. The first-order chi connectivity index (χ1) is 11.5. The van der Waals surface area contributed by atoms with Gasteiger partial charge in [-0.2, -0.15) is 5.10 Å². The van der Waals surface area contributed by atoms with Crippen molar-refractivity contribution in [3.05, 3.63) is 30.0 Å². The summed E-state index contributed by atoms with van der Waals surface area (Å²) in [6.07, 6.45) is 2.35. The minimum Gasteiger partial charge on any atom is -0.339 e. The molecule has 1 amide bonds. The molecule has 1 unspecified atom stereocenters. The molecule has 3 N–H and O–H groups in total. The molecule has 2 aromatic rings. The number of hydrogen-bond acceptors (Lipinski definition) is 4. The van der Waals surface area contributed by atoms with E-state index in [1.165, 1.54) is 0 Å². The van der Waals surface area contributed by atoms with Crippen molar-refractivity contribution < 1.29 is 4.79 Å². The number of piperazine rings is 1. The molecule has 1 saturated heterocycles. The van der Waals surface area contributed by atoms with Gasteiger partial charge in [-0.25, -0.2) is 0 Å². The largest absolute Gasteiger partial charge is 0.339 e. The summed E-state index contributed by atoms with van der Waals surface area (Å²) >= 11 is 0. The van der Waals surface area contributed by atoms with Crippen molar-refractivity contribution in [2.75, 3.05) is 32.7 Å². The number of nitrogens with one attached hydrogen (secondary N) is 1. The summed E-state index contributed by atoms with van der Waals surface area (Å²) in [6.45, 7) is 8.99. The second kappa shape index (κ2) is 7.32. The van der Waals surface area contributed by atoms with E-state index in [2.05, 4.69) is 28.9 Å². The van der Waals surface area contributed by atoms with Crippen molar-refractivity contribution >= 4 is 16.8 Å². The van der Waals surface area contributed by atoms with Crippen LogP contribution in [-0.2, 0) is 11.2 Å². The van der Waals surface area contributed by atoms with Gasteiger partial charge in [0.15, 0.2) is 0 Å². The van der Waals surface area contributed by atoms with Crippen molar-refractivity contribution in [3.8, 4) is 0 Å². The third-order valence-corrected chi connectivity index (χ3v) is 4.58. The molecule has 130 valence electrons. The average Bonchev–Trinajstić information content (AvgIpc) is 3.02. The summed E-state index contributed by atoms with van der Waals surface area (Å²) in [5.41, 5.74) is 8.26. The molecule has 3 rings (SSSR count). The van der Waals surface area contributed by atoms with Crippen molar-refractivity contribution in [1.82, 2.24) is 20.0 Å². The molecule has 1 aliphatic heterocycles. The quantitative estimate of drug-likeness (QED) is 0.865. The van der Waals surface area contributed by atoms with E-state index in [4.69, 9.17) is 5.73 Å². The Morgan fingerprint density at radius 1 is 1.29 bits per heavy atom. The summed E-state index contributed by atoms with van der Waals surface area (Å²) in [4.78, 5) is 16.9. The highest BCUT2D eigenvalue weighted by Gasteiger charge is 2.25. The molecular formula is C18H27N5O. The summed E-state index contributed by atoms with van der Waals surface area (Å²) in [7, 11) is 0. The van der Waals surface area contributed by atoms with Crippen LogP contribution in [0.5, 0.6) is 0 Å². The fourth-order valence-electron chi connectivity index (χ4n) is 3.36. The molecule has 6 heteroatoms. The lowest BCUT2D eigenvalue weighted by atomic mass is 10.0. The SMILES string of the molecule is CC(C)CN1CCN(C(=O)C(N)Cc2ccc3[nH]ncc3c2)CC1. The maximum absolute atomic E-state index is 12.6. The molecule has 1 aromatic heterocycles. The van der Waals surface area contributed by atoms with Gasteiger partial charge in [0, 0.05) is 38.1 Å². The number of aromatic amines is 1. The highest BCUT2D eigenvalue weighted by atomic mass is 16.2. The second-order valence-electron chi connectivity index (χ2n) is 7.12. The predicted molar refractivity (Wildman–Crippen MR) is 95.6 cm³/mol. The number of rotatable bonds is 5. The highest BCUT2D eigenvalue weighted by molar-refractivity contribution is 5.83. The highest BCUT2D eigenvalue weighted by Crippen LogP contribution is 2.15. The number of carbonyl (C=O) groups excluding carboxylic acids is 1. The zero-order valence-electron chi connectivity index (χ0n) is 14.5. The number of amides is 1. The van der Waals surface area contributed by atoms with Gasteiger partial charge < -0.3 is 10.6 Å². The van der Waals surface area contributed by atoms with Crippen LogP contribution < -0.4 is 5.73 Å². The zero-order valence-corrected chi connectivity index (χ0v) is 14.5. The zero-order chi connectivity index (χ0) is 17.1. The third-order valence-electron chi connectivity index (χ3n) is 4.58. The van der Waals surface area contributed by atoms with Gasteiger partial charge in [0.05, 0.1) is 17.8 Å². The van der Waals surface area contributed by atoms with E-state index in [1.807, 2.05) is 23.1 Å². The van der Waals surface area contributed by atoms with E-state index < -0.39 is 6.04 Å². The standard InChI is InChI=1S/C18H27N5O/c1-13(2)12-22-5-7-23(8-6-22)18(24)16(19)10-14-3-4-17-15(9-14)11-20-21-17/h3-4,9,11,13,16H,5-8,10,12,19H2,1-2H3,(H,20,21). The Hall–Kier alpha value is -1.92. The van der Waals surface area contributed by atoms with Crippen LogP contribution in [0.15, 0.2) is 24.4 Å². The molecule has 24 heavy (non-hydrogen) atoms. The van der Waals surface area contributed by atoms with Crippen molar-refractivity contribution in [1.29, 1.82) is 0 Å². The first-order valence-corrected chi connectivity index (χ1v) is 8.71. The molecule has 1 fully saturated rings. The maximum atomic E-state index is 12.6. The fourth-order valence-corrected chi connectivity index (χ4v) is 3.36. The average molecular weight is 329 g/mol. The minimum absolute atomic E-state index is 0.0616. The Morgan fingerprint density at radius 2 is 2.04 bits per heavy atom. The maximum Gasteiger partial charge on any atom is 0.239 e. The Balaban J connectivity index is 1.55. The lowest BCUT2D eigenvalue weighted by Crippen LogP contribution is -2.54. The summed E-state index contributed by atoms with van der Waals surface area (Å²) in [6, 6.07) is 5.56. The minimum atomic E-state index is -0.481. The number of fused-ring (bicyclic) bond motifs is 1. The molecule has 1 atom stereocenters. The second-order valence-corrected chi connectivity index (χ2v) is 7.12. The van der Waals surface area contributed by atoms with E-state index in [1.54, 1.807) is 6.20 Å². The van der Waals surface area contributed by atoms with Crippen LogP contribution in [-0.4, -0.2) is 64.7 Å². The molecule has 0 saturated carbocycles. The number of nitrogens with zero attached hydrogens (tertiary/aromatic N) is 3. The first-order valence-electron chi connectivity index (χ1n) is 8.71. The lowest BCUT2D eigenvalue weighted by Gasteiger charge is -2.36. The Labute approximate surface area is 143 Å². The summed E-state index contributed by atoms with van der Waals surface area (Å²) in [5, 5.41) is 8.00. The van der Waals surface area contributed by atoms with Crippen LogP contribution in [0.4, 0.5) is 0 Å². The van der Waals surface area contributed by atoms with Crippen LogP contribution in [0.3, 0.4) is 0 Å². The molecule has 0 spiro atoms. The number of nitrogens with two attached hydrogens (primary N) is 1. The van der Waals surface area contributed by atoms with Crippen LogP contribution in [0.1, 0.15) is 19.4 Å². The van der Waals surface area contributed by atoms with Gasteiger partial charge in [-0.1, -0.05) is 19.9 Å². The van der Waals surface area contributed by atoms with Crippen molar-refractivity contribution in [2.24, 2.45) is 11.7 Å². The third kappa shape index (κ3) is 3.94. The molecule has 2 heterocycles. The normalized spacial score (nSPS) is 17.6. The smallest absolute Gasteiger partial charge is 0.239 e. The number of carbonyl (C=O) groups is 1.